The molecule has 1 rings (SSSR count). The summed E-state index contributed by atoms with van der Waals surface area (Å²) in [7, 11) is -1.98. The first kappa shape index (κ1) is 11.8. The fourth-order valence-electron chi connectivity index (χ4n) is 0.897. The molecule has 0 saturated carbocycles. The zero-order valence-electron chi connectivity index (χ0n) is 7.77. The van der Waals surface area contributed by atoms with Crippen LogP contribution in [0.3, 0.4) is 0 Å². The maximum Gasteiger partial charge on any atom is 0.697 e. The first-order chi connectivity index (χ1) is 6.72. The lowest BCUT2D eigenvalue weighted by atomic mass is 10.2. The number of rotatable bonds is 5. The highest BCUT2D eigenvalue weighted by molar-refractivity contribution is 9.10. The first-order valence-electron chi connectivity index (χ1n) is 4.20. The van der Waals surface area contributed by atoms with Crippen molar-refractivity contribution in [1.29, 1.82) is 0 Å². The van der Waals surface area contributed by atoms with Gasteiger partial charge in [0.2, 0.25) is 0 Å². The van der Waals surface area contributed by atoms with E-state index in [1.807, 2.05) is 24.3 Å². The van der Waals surface area contributed by atoms with Crippen molar-refractivity contribution in [3.05, 3.63) is 34.3 Å². The van der Waals surface area contributed by atoms with Crippen molar-refractivity contribution in [2.45, 2.75) is 13.5 Å². The molecule has 1 unspecified atom stereocenters. The first-order valence-corrected chi connectivity index (χ1v) is 6.08. The third kappa shape index (κ3) is 4.29. The van der Waals surface area contributed by atoms with Gasteiger partial charge in [-0.15, -0.1) is 9.05 Å². The molecule has 0 N–H and O–H groups in total. The molecule has 0 radical (unpaired) electrons. The Morgan fingerprint density at radius 2 is 2.21 bits per heavy atom. The average molecular weight is 278 g/mol. The Bertz CT molecular complexity index is 317. The maximum absolute atomic E-state index is 11.0. The van der Waals surface area contributed by atoms with Crippen molar-refractivity contribution in [3.8, 4) is 0 Å². The topological polar surface area (TPSA) is 35.5 Å². The molecule has 1 atom stereocenters. The van der Waals surface area contributed by atoms with Crippen LogP contribution in [0.2, 0.25) is 0 Å². The summed E-state index contributed by atoms with van der Waals surface area (Å²) in [5.74, 6) is 0. The standard InChI is InChI=1S/C9H11BrO3P/c1-2-12-14(11)13-7-8-4-3-5-9(10)6-8/h3-6H,2,7H2,1H3/q+1. The van der Waals surface area contributed by atoms with Gasteiger partial charge in [0.25, 0.3) is 0 Å². The molecule has 0 spiro atoms. The lowest BCUT2D eigenvalue weighted by Crippen LogP contribution is -1.87. The van der Waals surface area contributed by atoms with Crippen molar-refractivity contribution in [2.24, 2.45) is 0 Å². The molecule has 1 aromatic rings. The van der Waals surface area contributed by atoms with Crippen LogP contribution in [0, 0.1) is 0 Å². The predicted molar refractivity (Wildman–Crippen MR) is 58.2 cm³/mol. The van der Waals surface area contributed by atoms with Gasteiger partial charge in [0.1, 0.15) is 13.2 Å². The molecule has 0 aliphatic carbocycles. The molecular weight excluding hydrogens is 267 g/mol. The highest BCUT2D eigenvalue weighted by Gasteiger charge is 2.18. The van der Waals surface area contributed by atoms with E-state index < -0.39 is 8.25 Å². The van der Waals surface area contributed by atoms with Crippen LogP contribution in [0.1, 0.15) is 12.5 Å². The van der Waals surface area contributed by atoms with Crippen LogP contribution in [0.5, 0.6) is 0 Å². The second kappa shape index (κ2) is 6.25. The molecule has 0 heterocycles. The number of hydrogen-bond donors (Lipinski definition) is 0. The molecule has 3 nitrogen and oxygen atoms in total. The minimum absolute atomic E-state index is 0.300. The molecule has 5 heteroatoms. The van der Waals surface area contributed by atoms with Gasteiger partial charge >= 0.3 is 8.25 Å². The van der Waals surface area contributed by atoms with Gasteiger partial charge in [0.15, 0.2) is 0 Å². The average Bonchev–Trinajstić information content (AvgIpc) is 2.15. The van der Waals surface area contributed by atoms with Gasteiger partial charge in [-0.1, -0.05) is 28.1 Å². The molecule has 76 valence electrons. The SMILES string of the molecule is CCO[P+](=O)OCc1cccc(Br)c1. The Kier molecular flexibility index (Phi) is 5.26. The Morgan fingerprint density at radius 3 is 2.86 bits per heavy atom. The van der Waals surface area contributed by atoms with Gasteiger partial charge in [0, 0.05) is 9.04 Å². The van der Waals surface area contributed by atoms with Crippen LogP contribution in [-0.2, 0) is 20.2 Å². The molecule has 0 aliphatic heterocycles. The molecule has 0 saturated heterocycles. The molecule has 0 aliphatic rings. The molecular formula is C9H11BrO3P+. The van der Waals surface area contributed by atoms with Crippen LogP contribution in [0.25, 0.3) is 0 Å². The van der Waals surface area contributed by atoms with Crippen LogP contribution in [0.15, 0.2) is 28.7 Å². The van der Waals surface area contributed by atoms with E-state index in [1.54, 1.807) is 6.92 Å². The highest BCUT2D eigenvalue weighted by atomic mass is 79.9. The molecule has 0 fully saturated rings. The Hall–Kier alpha value is -0.280. The summed E-state index contributed by atoms with van der Waals surface area (Å²) in [6, 6.07) is 7.64. The van der Waals surface area contributed by atoms with Crippen LogP contribution in [-0.4, -0.2) is 6.61 Å². The smallest absolute Gasteiger partial charge is 0.119 e. The van der Waals surface area contributed by atoms with Gasteiger partial charge in [0.05, 0.1) is 0 Å². The van der Waals surface area contributed by atoms with Crippen LogP contribution >= 0.6 is 24.2 Å². The van der Waals surface area contributed by atoms with Crippen LogP contribution in [0.4, 0.5) is 0 Å². The van der Waals surface area contributed by atoms with Gasteiger partial charge in [-0.25, -0.2) is 0 Å². The normalized spacial score (nSPS) is 11.4. The zero-order chi connectivity index (χ0) is 10.4. The van der Waals surface area contributed by atoms with Crippen molar-refractivity contribution >= 4 is 24.2 Å². The quantitative estimate of drug-likeness (QED) is 0.771. The zero-order valence-corrected chi connectivity index (χ0v) is 10.3. The summed E-state index contributed by atoms with van der Waals surface area (Å²) in [5.41, 5.74) is 0.961. The summed E-state index contributed by atoms with van der Waals surface area (Å²) in [6.45, 7) is 2.47. The highest BCUT2D eigenvalue weighted by Crippen LogP contribution is 2.25. The van der Waals surface area contributed by atoms with E-state index in [4.69, 9.17) is 9.05 Å². The Balaban J connectivity index is 2.41. The second-order valence-electron chi connectivity index (χ2n) is 2.54. The van der Waals surface area contributed by atoms with Crippen molar-refractivity contribution in [1.82, 2.24) is 0 Å². The summed E-state index contributed by atoms with van der Waals surface area (Å²) >= 11 is 3.34. The summed E-state index contributed by atoms with van der Waals surface area (Å²) in [5, 5.41) is 0. The molecule has 0 bridgehead atoms. The van der Waals surface area contributed by atoms with E-state index in [1.165, 1.54) is 0 Å². The predicted octanol–water partition coefficient (Wildman–Crippen LogP) is 3.66. The van der Waals surface area contributed by atoms with Crippen molar-refractivity contribution in [3.63, 3.8) is 0 Å². The minimum Gasteiger partial charge on any atom is -0.119 e. The molecule has 1 aromatic carbocycles. The van der Waals surface area contributed by atoms with Crippen molar-refractivity contribution in [2.75, 3.05) is 6.61 Å². The Labute approximate surface area is 92.5 Å². The van der Waals surface area contributed by atoms with E-state index in [0.29, 0.717) is 13.2 Å². The van der Waals surface area contributed by atoms with Gasteiger partial charge in [-0.2, -0.15) is 0 Å². The number of hydrogen-bond acceptors (Lipinski definition) is 3. The lowest BCUT2D eigenvalue weighted by Gasteiger charge is -1.95. The largest absolute Gasteiger partial charge is 0.697 e. The van der Waals surface area contributed by atoms with E-state index >= 15 is 0 Å². The molecule has 0 aromatic heterocycles. The number of benzene rings is 1. The minimum atomic E-state index is -1.98. The summed E-state index contributed by atoms with van der Waals surface area (Å²) in [4.78, 5) is 0. The van der Waals surface area contributed by atoms with E-state index in [2.05, 4.69) is 15.9 Å². The van der Waals surface area contributed by atoms with Crippen LogP contribution < -0.4 is 0 Å². The van der Waals surface area contributed by atoms with E-state index in [-0.39, 0.29) is 0 Å². The van der Waals surface area contributed by atoms with E-state index in [0.717, 1.165) is 10.0 Å². The monoisotopic (exact) mass is 277 g/mol. The van der Waals surface area contributed by atoms with Crippen molar-refractivity contribution < 1.29 is 13.6 Å². The van der Waals surface area contributed by atoms with E-state index in [9.17, 15) is 4.57 Å². The third-order valence-corrected chi connectivity index (χ3v) is 2.76. The number of halogens is 1. The second-order valence-corrected chi connectivity index (χ2v) is 4.42. The third-order valence-electron chi connectivity index (χ3n) is 1.46. The fourth-order valence-corrected chi connectivity index (χ4v) is 1.88. The fraction of sp³-hybridized carbons (Fsp3) is 0.333. The van der Waals surface area contributed by atoms with Gasteiger partial charge in [-0.3, -0.25) is 0 Å². The summed E-state index contributed by atoms with van der Waals surface area (Å²) in [6.07, 6.45) is 0. The Morgan fingerprint density at radius 1 is 1.43 bits per heavy atom. The molecule has 14 heavy (non-hydrogen) atoms. The summed E-state index contributed by atoms with van der Waals surface area (Å²) < 4.78 is 21.7. The van der Waals surface area contributed by atoms with Gasteiger partial charge in [-0.05, 0) is 24.6 Å². The maximum atomic E-state index is 11.0. The molecule has 0 amide bonds. The lowest BCUT2D eigenvalue weighted by molar-refractivity contribution is 0.227. The van der Waals surface area contributed by atoms with Gasteiger partial charge < -0.3 is 0 Å².